The van der Waals surface area contributed by atoms with Crippen molar-refractivity contribution in [2.45, 2.75) is 46.2 Å². The summed E-state index contributed by atoms with van der Waals surface area (Å²) in [6.07, 6.45) is 0. The van der Waals surface area contributed by atoms with Crippen LogP contribution in [0, 0.1) is 22.9 Å². The van der Waals surface area contributed by atoms with Crippen molar-refractivity contribution in [1.29, 1.82) is 0 Å². The fraction of sp³-hybridized carbons (Fsp3) is 0.308. The molecule has 184 valence electrons. The summed E-state index contributed by atoms with van der Waals surface area (Å²) >= 11 is 2.99. The van der Waals surface area contributed by atoms with Gasteiger partial charge in [-0.05, 0) is 41.5 Å². The van der Waals surface area contributed by atoms with E-state index in [0.29, 0.717) is 22.3 Å². The molecule has 4 aromatic rings. The molecule has 0 fully saturated rings. The Morgan fingerprint density at radius 2 is 1.44 bits per heavy atom. The number of hydrogen-bond acceptors (Lipinski definition) is 8. The van der Waals surface area contributed by atoms with Gasteiger partial charge < -0.3 is 4.74 Å². The van der Waals surface area contributed by atoms with E-state index in [0.717, 1.165) is 19.5 Å². The van der Waals surface area contributed by atoms with E-state index in [4.69, 9.17) is 14.3 Å². The number of carbonyl (C=O) groups excluding carboxylic acids is 1. The maximum atomic E-state index is 13.1. The highest BCUT2D eigenvalue weighted by Gasteiger charge is 2.27. The Morgan fingerprint density at radius 3 is 2.03 bits per heavy atom. The van der Waals surface area contributed by atoms with Gasteiger partial charge in [0, 0.05) is 4.88 Å². The fourth-order valence-electron chi connectivity index (χ4n) is 3.16. The molecule has 0 saturated heterocycles. The molecule has 10 heteroatoms. The van der Waals surface area contributed by atoms with Crippen molar-refractivity contribution in [3.63, 3.8) is 0 Å². The van der Waals surface area contributed by atoms with E-state index < -0.39 is 22.1 Å². The minimum atomic E-state index is -1.53. The van der Waals surface area contributed by atoms with Crippen LogP contribution in [0.1, 0.15) is 27.2 Å². The molecule has 0 aliphatic heterocycles. The second-order valence-electron chi connectivity index (χ2n) is 10.2. The third-order valence-corrected chi connectivity index (χ3v) is 8.47. The largest absolute Gasteiger partial charge is 0.461 e. The molecule has 0 aliphatic rings. The number of carbonyl (C=O) groups is 1. The molecular formula is C26H27N3O3S2Si2. The van der Waals surface area contributed by atoms with Crippen LogP contribution in [-0.2, 0) is 4.74 Å². The van der Waals surface area contributed by atoms with Crippen molar-refractivity contribution in [1.82, 2.24) is 15.3 Å². The van der Waals surface area contributed by atoms with Gasteiger partial charge in [0.05, 0.1) is 26.8 Å². The molecule has 0 N–H and O–H groups in total. The average Bonchev–Trinajstić information content (AvgIpc) is 3.55. The summed E-state index contributed by atoms with van der Waals surface area (Å²) in [7, 11) is -3.04. The lowest BCUT2D eigenvalue weighted by Crippen LogP contribution is -2.16. The van der Waals surface area contributed by atoms with Crippen LogP contribution in [0.4, 0.5) is 0 Å². The van der Waals surface area contributed by atoms with Gasteiger partial charge in [0.2, 0.25) is 0 Å². The lowest BCUT2D eigenvalue weighted by molar-refractivity contribution is 0.0521. The maximum absolute atomic E-state index is 13.1. The summed E-state index contributed by atoms with van der Waals surface area (Å²) in [5.41, 5.74) is 8.99. The van der Waals surface area contributed by atoms with Gasteiger partial charge in [-0.3, -0.25) is 0 Å². The third kappa shape index (κ3) is 6.02. The zero-order valence-corrected chi connectivity index (χ0v) is 25.0. The predicted octanol–water partition coefficient (Wildman–Crippen LogP) is 6.71. The molecule has 36 heavy (non-hydrogen) atoms. The Kier molecular flexibility index (Phi) is 7.34. The number of fused-ring (bicyclic) bond motifs is 1. The first-order valence-electron chi connectivity index (χ1n) is 11.6. The molecule has 0 spiro atoms. The van der Waals surface area contributed by atoms with Crippen molar-refractivity contribution in [2.75, 3.05) is 6.61 Å². The topological polar surface area (TPSA) is 78.1 Å². The zero-order valence-electron chi connectivity index (χ0n) is 21.4. The Bertz CT molecular complexity index is 1570. The molecule has 0 atom stereocenters. The lowest BCUT2D eigenvalue weighted by Gasteiger charge is -2.09. The molecule has 6 nitrogen and oxygen atoms in total. The van der Waals surface area contributed by atoms with Gasteiger partial charge in [-0.15, -0.1) is 33.8 Å². The molecule has 0 bridgehead atoms. The summed E-state index contributed by atoms with van der Waals surface area (Å²) in [6, 6.07) is 7.80. The summed E-state index contributed by atoms with van der Waals surface area (Å²) in [5.74, 6) is 6.04. The van der Waals surface area contributed by atoms with Crippen molar-refractivity contribution in [2.24, 2.45) is 0 Å². The summed E-state index contributed by atoms with van der Waals surface area (Å²) in [5, 5.41) is 8.34. The second kappa shape index (κ2) is 10.2. The number of ether oxygens (including phenoxy) is 1. The molecule has 4 heterocycles. The SMILES string of the molecule is CCOC(=O)c1nc(-c2ccc(C#C[Si](C)(C)C)s2)c2nonc2c1-c1ccc(C#C[Si](C)(C)C)s1. The number of thiophene rings is 2. The van der Waals surface area contributed by atoms with E-state index in [1.54, 1.807) is 6.92 Å². The molecule has 0 aromatic carbocycles. The molecule has 0 aliphatic carbocycles. The van der Waals surface area contributed by atoms with E-state index >= 15 is 0 Å². The van der Waals surface area contributed by atoms with Crippen LogP contribution in [-0.4, -0.2) is 44.0 Å². The van der Waals surface area contributed by atoms with E-state index in [1.807, 2.05) is 24.3 Å². The number of aromatic nitrogens is 3. The maximum Gasteiger partial charge on any atom is 0.357 e. The number of rotatable bonds is 4. The Labute approximate surface area is 221 Å². The quantitative estimate of drug-likeness (QED) is 0.160. The Morgan fingerprint density at radius 1 is 0.889 bits per heavy atom. The van der Waals surface area contributed by atoms with Gasteiger partial charge in [0.25, 0.3) is 0 Å². The Hall–Kier alpha value is -3.03. The summed E-state index contributed by atoms with van der Waals surface area (Å²) < 4.78 is 10.5. The molecule has 0 unspecified atom stereocenters. The van der Waals surface area contributed by atoms with Gasteiger partial charge >= 0.3 is 5.97 Å². The van der Waals surface area contributed by atoms with Crippen LogP contribution in [0.15, 0.2) is 28.9 Å². The molecule has 4 rings (SSSR count). The van der Waals surface area contributed by atoms with Gasteiger partial charge in [-0.25, -0.2) is 14.4 Å². The number of esters is 1. The fourth-order valence-corrected chi connectivity index (χ4v) is 6.12. The van der Waals surface area contributed by atoms with Crippen LogP contribution in [0.5, 0.6) is 0 Å². The Balaban J connectivity index is 1.88. The lowest BCUT2D eigenvalue weighted by atomic mass is 10.1. The van der Waals surface area contributed by atoms with Gasteiger partial charge in [0.15, 0.2) is 11.2 Å². The highest BCUT2D eigenvalue weighted by Crippen LogP contribution is 2.39. The van der Waals surface area contributed by atoms with E-state index in [9.17, 15) is 4.79 Å². The van der Waals surface area contributed by atoms with Gasteiger partial charge in [-0.2, -0.15) is 0 Å². The standard InChI is InChI=1S/C26H27N3O3S2Si2/c1-8-31-26(30)24-21(19-11-9-17(33-19)13-15-35(2,3)4)23-25(29-32-28-23)22(27-24)20-12-10-18(34-20)14-16-36(5,6)7/h9-12H,8H2,1-7H3. The van der Waals surface area contributed by atoms with Crippen LogP contribution in [0.3, 0.4) is 0 Å². The first-order valence-corrected chi connectivity index (χ1v) is 20.2. The summed E-state index contributed by atoms with van der Waals surface area (Å²) in [6.45, 7) is 15.2. The average molecular weight is 550 g/mol. The molecule has 4 aromatic heterocycles. The molecule has 0 radical (unpaired) electrons. The van der Waals surface area contributed by atoms with Crippen LogP contribution in [0.25, 0.3) is 32.0 Å². The van der Waals surface area contributed by atoms with Crippen LogP contribution in [0.2, 0.25) is 39.3 Å². The van der Waals surface area contributed by atoms with Crippen molar-refractivity contribution >= 4 is 55.8 Å². The molecule has 0 amide bonds. The van der Waals surface area contributed by atoms with Crippen LogP contribution >= 0.6 is 22.7 Å². The first kappa shape index (κ1) is 26.0. The smallest absolute Gasteiger partial charge is 0.357 e. The van der Waals surface area contributed by atoms with Gasteiger partial charge in [0.1, 0.15) is 27.4 Å². The predicted molar refractivity (Wildman–Crippen MR) is 153 cm³/mol. The number of nitrogens with zero attached hydrogens (tertiary/aromatic N) is 3. The van der Waals surface area contributed by atoms with E-state index in [-0.39, 0.29) is 12.3 Å². The van der Waals surface area contributed by atoms with Crippen LogP contribution < -0.4 is 0 Å². The molecular weight excluding hydrogens is 523 g/mol. The third-order valence-electron chi connectivity index (χ3n) is 4.69. The summed E-state index contributed by atoms with van der Waals surface area (Å²) in [4.78, 5) is 21.3. The highest BCUT2D eigenvalue weighted by atomic mass is 32.1. The van der Waals surface area contributed by atoms with Crippen molar-refractivity contribution < 1.29 is 14.2 Å². The van der Waals surface area contributed by atoms with E-state index in [1.165, 1.54) is 22.7 Å². The van der Waals surface area contributed by atoms with E-state index in [2.05, 4.69) is 72.5 Å². The minimum absolute atomic E-state index is 0.185. The zero-order chi connectivity index (χ0) is 26.1. The van der Waals surface area contributed by atoms with Crippen molar-refractivity contribution in [3.05, 3.63) is 39.7 Å². The molecule has 0 saturated carbocycles. The normalized spacial score (nSPS) is 11.5. The number of hydrogen-bond donors (Lipinski definition) is 0. The first-order chi connectivity index (χ1) is 16.9. The van der Waals surface area contributed by atoms with Gasteiger partial charge in [-0.1, -0.05) is 51.1 Å². The second-order valence-corrected chi connectivity index (χ2v) is 21.9. The van der Waals surface area contributed by atoms with Crippen molar-refractivity contribution in [3.8, 4) is 43.9 Å². The highest BCUT2D eigenvalue weighted by molar-refractivity contribution is 7.16. The minimum Gasteiger partial charge on any atom is -0.461 e. The monoisotopic (exact) mass is 549 g/mol. The number of pyridine rings is 1.